The lowest BCUT2D eigenvalue weighted by Gasteiger charge is -2.07. The van der Waals surface area contributed by atoms with Crippen molar-refractivity contribution in [2.45, 2.75) is 6.92 Å². The molecule has 0 fully saturated rings. The second-order valence-corrected chi connectivity index (χ2v) is 8.20. The van der Waals surface area contributed by atoms with Gasteiger partial charge in [-0.3, -0.25) is 13.8 Å². The molecule has 6 rings (SSSR count). The third-order valence-corrected chi connectivity index (χ3v) is 6.03. The molecule has 172 valence electrons. The Labute approximate surface area is 200 Å². The fraction of sp³-hybridized carbons (Fsp3) is 0.120. The van der Waals surface area contributed by atoms with Crippen molar-refractivity contribution in [2.75, 3.05) is 5.32 Å². The third kappa shape index (κ3) is 3.61. The summed E-state index contributed by atoms with van der Waals surface area (Å²) < 4.78 is 5.59. The number of nitrogens with zero attached hydrogens (tertiary/aromatic N) is 9. The van der Waals surface area contributed by atoms with E-state index in [2.05, 4.69) is 42.7 Å². The largest absolute Gasteiger partial charge is 0.309 e. The van der Waals surface area contributed by atoms with Gasteiger partial charge < -0.3 is 5.32 Å². The Bertz CT molecular complexity index is 1660. The van der Waals surface area contributed by atoms with Gasteiger partial charge in [-0.15, -0.1) is 10.2 Å². The van der Waals surface area contributed by atoms with E-state index in [1.165, 1.54) is 0 Å². The van der Waals surface area contributed by atoms with Gasteiger partial charge in [0.2, 0.25) is 5.95 Å². The zero-order valence-electron chi connectivity index (χ0n) is 19.5. The normalized spacial score (nSPS) is 11.3. The molecule has 0 saturated carbocycles. The lowest BCUT2D eigenvalue weighted by molar-refractivity contribution is 0.743. The van der Waals surface area contributed by atoms with Gasteiger partial charge in [-0.1, -0.05) is 30.3 Å². The Morgan fingerprint density at radius 2 is 1.71 bits per heavy atom. The number of aromatic nitrogens is 9. The molecule has 0 aliphatic rings. The van der Waals surface area contributed by atoms with E-state index in [-0.39, 0.29) is 0 Å². The topological polar surface area (TPSA) is 104 Å². The zero-order valence-corrected chi connectivity index (χ0v) is 19.5. The van der Waals surface area contributed by atoms with Gasteiger partial charge in [0, 0.05) is 49.4 Å². The molecule has 0 spiro atoms. The molecular formula is C25H22N10. The molecule has 0 atom stereocenters. The van der Waals surface area contributed by atoms with Gasteiger partial charge in [0.15, 0.2) is 11.5 Å². The minimum absolute atomic E-state index is 0.492. The minimum atomic E-state index is 0.492. The van der Waals surface area contributed by atoms with Gasteiger partial charge in [-0.2, -0.15) is 10.2 Å². The molecule has 0 unspecified atom stereocenters. The first-order chi connectivity index (χ1) is 17.1. The van der Waals surface area contributed by atoms with Crippen LogP contribution in [0, 0.1) is 6.92 Å². The van der Waals surface area contributed by atoms with E-state index >= 15 is 0 Å². The molecule has 5 aromatic heterocycles. The Kier molecular flexibility index (Phi) is 4.84. The number of pyridine rings is 1. The van der Waals surface area contributed by atoms with E-state index in [0.29, 0.717) is 5.95 Å². The Morgan fingerprint density at radius 1 is 0.857 bits per heavy atom. The SMILES string of the molecule is Cc1c(-c2nnc3cc(-c4ccnc(Nc5ccnn5C)n4)ccn23)c(-c2ccccc2)nn1C. The van der Waals surface area contributed by atoms with Gasteiger partial charge in [0.1, 0.15) is 11.5 Å². The molecule has 0 bridgehead atoms. The van der Waals surface area contributed by atoms with Crippen LogP contribution in [0.15, 0.2) is 73.2 Å². The number of benzene rings is 1. The lowest BCUT2D eigenvalue weighted by atomic mass is 10.1. The predicted octanol–water partition coefficient (Wildman–Crippen LogP) is 4.04. The summed E-state index contributed by atoms with van der Waals surface area (Å²) in [5.74, 6) is 2.05. The van der Waals surface area contributed by atoms with Gasteiger partial charge in [-0.25, -0.2) is 9.97 Å². The van der Waals surface area contributed by atoms with Crippen molar-refractivity contribution in [1.29, 1.82) is 0 Å². The fourth-order valence-corrected chi connectivity index (χ4v) is 4.09. The first kappa shape index (κ1) is 20.7. The van der Waals surface area contributed by atoms with E-state index in [1.54, 1.807) is 17.1 Å². The van der Waals surface area contributed by atoms with E-state index in [1.807, 2.05) is 78.8 Å². The number of nitrogens with one attached hydrogen (secondary N) is 1. The molecule has 0 saturated heterocycles. The lowest BCUT2D eigenvalue weighted by Crippen LogP contribution is -2.03. The van der Waals surface area contributed by atoms with Crippen LogP contribution in [-0.2, 0) is 14.1 Å². The molecule has 0 amide bonds. The number of rotatable bonds is 5. The third-order valence-electron chi connectivity index (χ3n) is 6.03. The first-order valence-electron chi connectivity index (χ1n) is 11.1. The van der Waals surface area contributed by atoms with Crippen LogP contribution in [0.2, 0.25) is 0 Å². The quantitative estimate of drug-likeness (QED) is 0.412. The van der Waals surface area contributed by atoms with Crippen LogP contribution in [0.3, 0.4) is 0 Å². The molecule has 10 nitrogen and oxygen atoms in total. The summed E-state index contributed by atoms with van der Waals surface area (Å²) in [6, 6.07) is 17.8. The summed E-state index contributed by atoms with van der Waals surface area (Å²) in [4.78, 5) is 9.00. The molecule has 1 aromatic carbocycles. The number of fused-ring (bicyclic) bond motifs is 1. The predicted molar refractivity (Wildman–Crippen MR) is 133 cm³/mol. The van der Waals surface area contributed by atoms with Crippen LogP contribution in [0.1, 0.15) is 5.69 Å². The summed E-state index contributed by atoms with van der Waals surface area (Å²) in [6.07, 6.45) is 5.42. The van der Waals surface area contributed by atoms with Crippen LogP contribution in [-0.4, -0.2) is 44.1 Å². The second-order valence-electron chi connectivity index (χ2n) is 8.20. The summed E-state index contributed by atoms with van der Waals surface area (Å²) in [5.41, 5.74) is 6.31. The highest BCUT2D eigenvalue weighted by Gasteiger charge is 2.21. The van der Waals surface area contributed by atoms with Crippen molar-refractivity contribution in [3.63, 3.8) is 0 Å². The maximum atomic E-state index is 4.76. The van der Waals surface area contributed by atoms with Crippen molar-refractivity contribution in [1.82, 2.24) is 44.1 Å². The number of aryl methyl sites for hydroxylation is 2. The monoisotopic (exact) mass is 462 g/mol. The zero-order chi connectivity index (χ0) is 23.9. The molecule has 5 heterocycles. The summed E-state index contributed by atoms with van der Waals surface area (Å²) in [6.45, 7) is 2.04. The maximum absolute atomic E-state index is 4.76. The molecular weight excluding hydrogens is 440 g/mol. The molecule has 35 heavy (non-hydrogen) atoms. The van der Waals surface area contributed by atoms with Crippen molar-refractivity contribution in [2.24, 2.45) is 14.1 Å². The highest BCUT2D eigenvalue weighted by Crippen LogP contribution is 2.33. The van der Waals surface area contributed by atoms with Crippen molar-refractivity contribution < 1.29 is 0 Å². The molecule has 0 aliphatic heterocycles. The first-order valence-corrected chi connectivity index (χ1v) is 11.1. The van der Waals surface area contributed by atoms with Crippen molar-refractivity contribution in [3.8, 4) is 33.9 Å². The van der Waals surface area contributed by atoms with E-state index in [0.717, 1.165) is 51.1 Å². The Hall–Kier alpha value is -4.86. The average molecular weight is 463 g/mol. The number of hydrogen-bond donors (Lipinski definition) is 1. The summed E-state index contributed by atoms with van der Waals surface area (Å²) >= 11 is 0. The van der Waals surface area contributed by atoms with E-state index in [9.17, 15) is 0 Å². The standard InChI is InChI=1S/C25H22N10/c1-16-22(23(32-33(16)2)17-7-5-4-6-8-17)24-31-30-21-15-18(11-14-35(21)24)19-9-12-26-25(28-19)29-20-10-13-27-34(20)3/h4-15H,1-3H3,(H,26,28,29). The summed E-state index contributed by atoms with van der Waals surface area (Å²) in [7, 11) is 3.80. The Balaban J connectivity index is 1.40. The van der Waals surface area contributed by atoms with Crippen LogP contribution in [0.4, 0.5) is 11.8 Å². The highest BCUT2D eigenvalue weighted by molar-refractivity contribution is 5.80. The molecule has 10 heteroatoms. The van der Waals surface area contributed by atoms with Crippen LogP contribution >= 0.6 is 0 Å². The molecule has 1 N–H and O–H groups in total. The summed E-state index contributed by atoms with van der Waals surface area (Å²) in [5, 5.41) is 21.1. The average Bonchev–Trinajstić information content (AvgIpc) is 3.57. The minimum Gasteiger partial charge on any atom is -0.309 e. The second kappa shape index (κ2) is 8.17. The Morgan fingerprint density at radius 3 is 2.51 bits per heavy atom. The fourth-order valence-electron chi connectivity index (χ4n) is 4.09. The maximum Gasteiger partial charge on any atom is 0.228 e. The van der Waals surface area contributed by atoms with Crippen molar-refractivity contribution in [3.05, 3.63) is 78.9 Å². The van der Waals surface area contributed by atoms with Gasteiger partial charge in [0.05, 0.1) is 17.5 Å². The molecule has 6 aromatic rings. The van der Waals surface area contributed by atoms with Gasteiger partial charge >= 0.3 is 0 Å². The highest BCUT2D eigenvalue weighted by atomic mass is 15.3. The smallest absolute Gasteiger partial charge is 0.228 e. The number of hydrogen-bond acceptors (Lipinski definition) is 7. The van der Waals surface area contributed by atoms with Crippen LogP contribution < -0.4 is 5.32 Å². The van der Waals surface area contributed by atoms with E-state index < -0.39 is 0 Å². The van der Waals surface area contributed by atoms with Gasteiger partial charge in [-0.05, 0) is 25.1 Å². The number of anilines is 2. The van der Waals surface area contributed by atoms with Crippen molar-refractivity contribution >= 4 is 17.4 Å². The van der Waals surface area contributed by atoms with Gasteiger partial charge in [0.25, 0.3) is 0 Å². The van der Waals surface area contributed by atoms with Crippen LogP contribution in [0.25, 0.3) is 39.5 Å². The van der Waals surface area contributed by atoms with E-state index in [4.69, 9.17) is 5.10 Å². The van der Waals surface area contributed by atoms with Crippen LogP contribution in [0.5, 0.6) is 0 Å². The molecule has 0 aliphatic carbocycles. The molecule has 0 radical (unpaired) electrons.